The lowest BCUT2D eigenvalue weighted by Gasteiger charge is -2.18. The van der Waals surface area contributed by atoms with E-state index < -0.39 is 12.0 Å². The minimum atomic E-state index is -2.74. The summed E-state index contributed by atoms with van der Waals surface area (Å²) in [4.78, 5) is 0. The highest BCUT2D eigenvalue weighted by Gasteiger charge is 2.32. The summed E-state index contributed by atoms with van der Waals surface area (Å²) in [5.41, 5.74) is 5.03. The predicted octanol–water partition coefficient (Wildman–Crippen LogP) is 1.94. The van der Waals surface area contributed by atoms with Crippen LogP contribution in [0.2, 0.25) is 0 Å². The number of allylic oxidation sites excluding steroid dienone is 1. The highest BCUT2D eigenvalue weighted by molar-refractivity contribution is 4.80. The number of rotatable bonds is 4. The van der Waals surface area contributed by atoms with E-state index in [4.69, 9.17) is 5.73 Å². The molecule has 10 heavy (non-hydrogen) atoms. The number of alkyl halides is 2. The molecule has 0 saturated carbocycles. The predicted molar refractivity (Wildman–Crippen MR) is 38.0 cm³/mol. The number of nitrogens with two attached hydrogens (primary N) is 1. The van der Waals surface area contributed by atoms with Crippen molar-refractivity contribution in [2.24, 2.45) is 5.73 Å². The third-order valence-electron chi connectivity index (χ3n) is 1.35. The van der Waals surface area contributed by atoms with Gasteiger partial charge in [-0.1, -0.05) is 6.08 Å². The van der Waals surface area contributed by atoms with Crippen LogP contribution in [0, 0.1) is 0 Å². The molecule has 1 atom stereocenters. The first-order valence-electron chi connectivity index (χ1n) is 3.25. The summed E-state index contributed by atoms with van der Waals surface area (Å²) in [5, 5.41) is 0. The van der Waals surface area contributed by atoms with Gasteiger partial charge in [0.2, 0.25) is 0 Å². The summed E-state index contributed by atoms with van der Waals surface area (Å²) >= 11 is 0. The Morgan fingerprint density at radius 3 is 2.50 bits per heavy atom. The van der Waals surface area contributed by atoms with Crippen LogP contribution in [0.1, 0.15) is 19.8 Å². The molecule has 0 amide bonds. The Kier molecular flexibility index (Phi) is 3.50. The zero-order chi connectivity index (χ0) is 8.20. The van der Waals surface area contributed by atoms with Crippen molar-refractivity contribution in [1.29, 1.82) is 0 Å². The molecule has 2 N–H and O–H groups in total. The third kappa shape index (κ3) is 2.92. The van der Waals surface area contributed by atoms with Crippen LogP contribution in [0.25, 0.3) is 0 Å². The van der Waals surface area contributed by atoms with Crippen LogP contribution >= 0.6 is 0 Å². The lowest BCUT2D eigenvalue weighted by atomic mass is 10.1. The third-order valence-corrected chi connectivity index (χ3v) is 1.35. The Hall–Kier alpha value is -0.440. The molecule has 0 aliphatic carbocycles. The van der Waals surface area contributed by atoms with Crippen LogP contribution in [0.15, 0.2) is 12.7 Å². The quantitative estimate of drug-likeness (QED) is 0.607. The van der Waals surface area contributed by atoms with Gasteiger partial charge in [0.1, 0.15) is 0 Å². The van der Waals surface area contributed by atoms with Crippen molar-refractivity contribution < 1.29 is 8.78 Å². The molecule has 0 fully saturated rings. The van der Waals surface area contributed by atoms with Crippen molar-refractivity contribution in [2.45, 2.75) is 31.7 Å². The molecule has 0 aromatic heterocycles. The molecule has 0 unspecified atom stereocenters. The molecular weight excluding hydrogens is 136 g/mol. The molecule has 0 aliphatic heterocycles. The molecule has 0 aromatic rings. The van der Waals surface area contributed by atoms with Crippen molar-refractivity contribution in [2.75, 3.05) is 0 Å². The lowest BCUT2D eigenvalue weighted by molar-refractivity contribution is -0.0267. The second-order valence-corrected chi connectivity index (χ2v) is 2.38. The van der Waals surface area contributed by atoms with Crippen LogP contribution in [-0.2, 0) is 0 Å². The van der Waals surface area contributed by atoms with E-state index in [9.17, 15) is 8.78 Å². The molecule has 60 valence electrons. The van der Waals surface area contributed by atoms with E-state index >= 15 is 0 Å². The van der Waals surface area contributed by atoms with E-state index in [-0.39, 0.29) is 6.42 Å². The van der Waals surface area contributed by atoms with Crippen LogP contribution in [0.4, 0.5) is 8.78 Å². The van der Waals surface area contributed by atoms with E-state index in [1.165, 1.54) is 13.0 Å². The Balaban J connectivity index is 3.74. The normalized spacial score (nSPS) is 14.8. The monoisotopic (exact) mass is 149 g/mol. The molecule has 0 aliphatic rings. The zero-order valence-corrected chi connectivity index (χ0v) is 6.11. The molecule has 0 bridgehead atoms. The summed E-state index contributed by atoms with van der Waals surface area (Å²) < 4.78 is 25.1. The van der Waals surface area contributed by atoms with E-state index in [1.54, 1.807) is 0 Å². The lowest BCUT2D eigenvalue weighted by Crippen LogP contribution is -2.37. The van der Waals surface area contributed by atoms with Gasteiger partial charge in [0.15, 0.2) is 0 Å². The minimum Gasteiger partial charge on any atom is -0.323 e. The van der Waals surface area contributed by atoms with Crippen molar-refractivity contribution in [3.05, 3.63) is 12.7 Å². The summed E-state index contributed by atoms with van der Waals surface area (Å²) in [6, 6.07) is -1.06. The van der Waals surface area contributed by atoms with Crippen LogP contribution in [0.3, 0.4) is 0 Å². The molecule has 1 nitrogen and oxygen atoms in total. The number of hydrogen-bond acceptors (Lipinski definition) is 1. The fraction of sp³-hybridized carbons (Fsp3) is 0.714. The second kappa shape index (κ2) is 3.66. The molecule has 3 heteroatoms. The van der Waals surface area contributed by atoms with Gasteiger partial charge in [-0.3, -0.25) is 0 Å². The van der Waals surface area contributed by atoms with Crippen molar-refractivity contribution in [3.63, 3.8) is 0 Å². The minimum absolute atomic E-state index is 0.200. The van der Waals surface area contributed by atoms with Gasteiger partial charge in [0, 0.05) is 6.42 Å². The van der Waals surface area contributed by atoms with Gasteiger partial charge in [-0.15, -0.1) is 6.58 Å². The smallest absolute Gasteiger partial charge is 0.262 e. The first-order chi connectivity index (χ1) is 4.50. The summed E-state index contributed by atoms with van der Waals surface area (Å²) in [6.45, 7) is 4.66. The molecule has 0 aromatic carbocycles. The van der Waals surface area contributed by atoms with Gasteiger partial charge in [-0.05, 0) is 13.3 Å². The number of halogens is 2. The highest BCUT2D eigenvalue weighted by Crippen LogP contribution is 2.23. The average molecular weight is 149 g/mol. The van der Waals surface area contributed by atoms with E-state index in [0.29, 0.717) is 6.42 Å². The maximum Gasteiger partial charge on any atom is 0.262 e. The molecule has 0 spiro atoms. The summed E-state index contributed by atoms with van der Waals surface area (Å²) in [6.07, 6.45) is 1.58. The fourth-order valence-electron chi connectivity index (χ4n) is 0.522. The fourth-order valence-corrected chi connectivity index (χ4v) is 0.522. The number of hydrogen-bond donors (Lipinski definition) is 1. The van der Waals surface area contributed by atoms with Crippen molar-refractivity contribution >= 4 is 0 Å². The van der Waals surface area contributed by atoms with Crippen LogP contribution < -0.4 is 5.73 Å². The largest absolute Gasteiger partial charge is 0.323 e. The molecule has 0 saturated heterocycles. The first-order valence-corrected chi connectivity index (χ1v) is 3.25. The van der Waals surface area contributed by atoms with Crippen molar-refractivity contribution in [3.8, 4) is 0 Å². The Labute approximate surface area is 59.9 Å². The maximum absolute atomic E-state index is 12.6. The molecule has 0 heterocycles. The standard InChI is InChI=1S/C7H13F2N/c1-3-4-5-7(8,9)6(2)10/h3,6H,1,4-5,10H2,2H3/t6-/m1/s1. The Bertz CT molecular complexity index is 110. The van der Waals surface area contributed by atoms with Crippen LogP contribution in [-0.4, -0.2) is 12.0 Å². The van der Waals surface area contributed by atoms with E-state index in [2.05, 4.69) is 6.58 Å². The zero-order valence-electron chi connectivity index (χ0n) is 6.11. The van der Waals surface area contributed by atoms with Gasteiger partial charge >= 0.3 is 0 Å². The molecule has 0 radical (unpaired) electrons. The SMILES string of the molecule is C=CCCC(F)(F)[C@@H](C)N. The molecular formula is C7H13F2N. The van der Waals surface area contributed by atoms with Gasteiger partial charge < -0.3 is 5.73 Å². The first kappa shape index (κ1) is 9.56. The Morgan fingerprint density at radius 2 is 2.20 bits per heavy atom. The average Bonchev–Trinajstić information content (AvgIpc) is 1.84. The molecule has 0 rings (SSSR count). The van der Waals surface area contributed by atoms with Crippen LogP contribution in [0.5, 0.6) is 0 Å². The second-order valence-electron chi connectivity index (χ2n) is 2.38. The summed E-state index contributed by atoms with van der Waals surface area (Å²) in [5.74, 6) is -2.74. The Morgan fingerprint density at radius 1 is 1.70 bits per heavy atom. The summed E-state index contributed by atoms with van der Waals surface area (Å²) in [7, 11) is 0. The van der Waals surface area contributed by atoms with Gasteiger partial charge in [0.25, 0.3) is 5.92 Å². The van der Waals surface area contributed by atoms with Gasteiger partial charge in [-0.2, -0.15) is 0 Å². The van der Waals surface area contributed by atoms with Crippen molar-refractivity contribution in [1.82, 2.24) is 0 Å². The highest BCUT2D eigenvalue weighted by atomic mass is 19.3. The van der Waals surface area contributed by atoms with Gasteiger partial charge in [-0.25, -0.2) is 8.78 Å². The van der Waals surface area contributed by atoms with E-state index in [1.807, 2.05) is 0 Å². The van der Waals surface area contributed by atoms with E-state index in [0.717, 1.165) is 0 Å². The topological polar surface area (TPSA) is 26.0 Å². The van der Waals surface area contributed by atoms with Gasteiger partial charge in [0.05, 0.1) is 6.04 Å². The maximum atomic E-state index is 12.6.